The number of nitrogen functional groups attached to an aromatic ring is 1. The lowest BCUT2D eigenvalue weighted by Gasteiger charge is -2.06. The van der Waals surface area contributed by atoms with Gasteiger partial charge in [0, 0.05) is 23.2 Å². The molecule has 0 unspecified atom stereocenters. The van der Waals surface area contributed by atoms with Crippen LogP contribution in [0.15, 0.2) is 23.1 Å². The van der Waals surface area contributed by atoms with Crippen LogP contribution in [0.3, 0.4) is 0 Å². The molecular formula is C9H12N2OS. The fraction of sp³-hybridized carbons (Fsp3) is 0.222. The molecule has 0 radical (unpaired) electrons. The lowest BCUT2D eigenvalue weighted by atomic mass is 10.3. The lowest BCUT2D eigenvalue weighted by molar-refractivity contribution is -0.114. The summed E-state index contributed by atoms with van der Waals surface area (Å²) in [4.78, 5) is 11.7. The number of amides is 1. The van der Waals surface area contributed by atoms with E-state index in [2.05, 4.69) is 5.32 Å². The number of carbonyl (C=O) groups is 1. The van der Waals surface area contributed by atoms with Gasteiger partial charge in [-0.15, -0.1) is 11.8 Å². The molecule has 0 atom stereocenters. The number of thioether (sulfide) groups is 1. The highest BCUT2D eigenvalue weighted by Gasteiger charge is 2.00. The molecule has 1 aromatic rings. The van der Waals surface area contributed by atoms with Crippen molar-refractivity contribution in [2.24, 2.45) is 0 Å². The van der Waals surface area contributed by atoms with Gasteiger partial charge in [-0.2, -0.15) is 0 Å². The van der Waals surface area contributed by atoms with Gasteiger partial charge in [0.15, 0.2) is 0 Å². The summed E-state index contributed by atoms with van der Waals surface area (Å²) >= 11 is 1.56. The zero-order valence-corrected chi connectivity index (χ0v) is 8.44. The van der Waals surface area contributed by atoms with Crippen molar-refractivity contribution in [2.75, 3.05) is 17.3 Å². The highest BCUT2D eigenvalue weighted by atomic mass is 32.2. The summed E-state index contributed by atoms with van der Waals surface area (Å²) in [6, 6.07) is 5.44. The van der Waals surface area contributed by atoms with Gasteiger partial charge in [0.1, 0.15) is 0 Å². The molecule has 0 aromatic heterocycles. The van der Waals surface area contributed by atoms with E-state index in [4.69, 9.17) is 5.73 Å². The first-order chi connectivity index (χ1) is 6.13. The fourth-order valence-electron chi connectivity index (χ4n) is 0.992. The van der Waals surface area contributed by atoms with Crippen molar-refractivity contribution in [3.05, 3.63) is 18.2 Å². The predicted octanol–water partition coefficient (Wildman–Crippen LogP) is 1.95. The smallest absolute Gasteiger partial charge is 0.221 e. The average molecular weight is 196 g/mol. The Kier molecular flexibility index (Phi) is 3.19. The van der Waals surface area contributed by atoms with Crippen LogP contribution >= 0.6 is 11.8 Å². The lowest BCUT2D eigenvalue weighted by Crippen LogP contribution is -2.05. The van der Waals surface area contributed by atoms with Crippen LogP contribution < -0.4 is 11.1 Å². The highest BCUT2D eigenvalue weighted by Crippen LogP contribution is 2.25. The largest absolute Gasteiger partial charge is 0.398 e. The van der Waals surface area contributed by atoms with E-state index in [9.17, 15) is 4.79 Å². The molecule has 0 aliphatic heterocycles. The number of rotatable bonds is 2. The van der Waals surface area contributed by atoms with Crippen LogP contribution in [0.1, 0.15) is 6.92 Å². The molecule has 0 bridgehead atoms. The van der Waals surface area contributed by atoms with Crippen molar-refractivity contribution in [2.45, 2.75) is 11.8 Å². The number of hydrogen-bond acceptors (Lipinski definition) is 3. The van der Waals surface area contributed by atoms with E-state index in [-0.39, 0.29) is 5.91 Å². The molecule has 4 heteroatoms. The summed E-state index contributed by atoms with van der Waals surface area (Å²) in [6.45, 7) is 1.48. The maximum atomic E-state index is 10.7. The zero-order valence-electron chi connectivity index (χ0n) is 7.63. The molecule has 1 aromatic carbocycles. The van der Waals surface area contributed by atoms with E-state index in [1.165, 1.54) is 6.92 Å². The summed E-state index contributed by atoms with van der Waals surface area (Å²) in [6.07, 6.45) is 1.95. The van der Waals surface area contributed by atoms with Gasteiger partial charge in [0.25, 0.3) is 0 Å². The van der Waals surface area contributed by atoms with Gasteiger partial charge in [0.05, 0.1) is 0 Å². The number of nitrogens with one attached hydrogen (secondary N) is 1. The van der Waals surface area contributed by atoms with E-state index in [0.717, 1.165) is 16.3 Å². The molecular weight excluding hydrogens is 184 g/mol. The zero-order chi connectivity index (χ0) is 9.84. The van der Waals surface area contributed by atoms with Gasteiger partial charge in [-0.25, -0.2) is 0 Å². The third kappa shape index (κ3) is 2.66. The second-order valence-electron chi connectivity index (χ2n) is 2.64. The quantitative estimate of drug-likeness (QED) is 0.561. The van der Waals surface area contributed by atoms with Crippen molar-refractivity contribution in [3.63, 3.8) is 0 Å². The summed E-state index contributed by atoms with van der Waals surface area (Å²) in [5.74, 6) is -0.0724. The Labute approximate surface area is 81.7 Å². The Hall–Kier alpha value is -1.16. The molecule has 0 fully saturated rings. The average Bonchev–Trinajstić information content (AvgIpc) is 2.07. The Balaban J connectivity index is 2.92. The Bertz CT molecular complexity index is 325. The van der Waals surface area contributed by atoms with Crippen LogP contribution in [0.4, 0.5) is 11.4 Å². The molecule has 1 amide bonds. The van der Waals surface area contributed by atoms with Crippen LogP contribution in [0.25, 0.3) is 0 Å². The Morgan fingerprint density at radius 3 is 2.77 bits per heavy atom. The molecule has 1 rings (SSSR count). The van der Waals surface area contributed by atoms with Crippen molar-refractivity contribution < 1.29 is 4.79 Å². The van der Waals surface area contributed by atoms with Crippen molar-refractivity contribution in [1.29, 1.82) is 0 Å². The van der Waals surface area contributed by atoms with Crippen LogP contribution in [-0.2, 0) is 4.79 Å². The second kappa shape index (κ2) is 4.18. The molecule has 0 aliphatic rings. The molecule has 3 nitrogen and oxygen atoms in total. The summed E-state index contributed by atoms with van der Waals surface area (Å²) < 4.78 is 0. The minimum atomic E-state index is -0.0724. The van der Waals surface area contributed by atoms with Crippen molar-refractivity contribution >= 4 is 29.0 Å². The number of nitrogens with two attached hydrogens (primary N) is 1. The predicted molar refractivity (Wildman–Crippen MR) is 56.9 cm³/mol. The van der Waals surface area contributed by atoms with Gasteiger partial charge in [-0.1, -0.05) is 0 Å². The van der Waals surface area contributed by atoms with Gasteiger partial charge in [0.2, 0.25) is 5.91 Å². The Morgan fingerprint density at radius 2 is 2.23 bits per heavy atom. The van der Waals surface area contributed by atoms with E-state index in [1.54, 1.807) is 23.9 Å². The number of benzene rings is 1. The normalized spacial score (nSPS) is 9.69. The first-order valence-corrected chi connectivity index (χ1v) is 5.07. The molecule has 0 saturated heterocycles. The molecule has 3 N–H and O–H groups in total. The first kappa shape index (κ1) is 9.92. The van der Waals surface area contributed by atoms with Gasteiger partial charge in [-0.05, 0) is 24.5 Å². The summed E-state index contributed by atoms with van der Waals surface area (Å²) in [7, 11) is 0. The van der Waals surface area contributed by atoms with Crippen LogP contribution in [0.2, 0.25) is 0 Å². The fourth-order valence-corrected chi connectivity index (χ4v) is 1.54. The van der Waals surface area contributed by atoms with Gasteiger partial charge < -0.3 is 11.1 Å². The second-order valence-corrected chi connectivity index (χ2v) is 3.49. The molecule has 0 heterocycles. The van der Waals surface area contributed by atoms with Crippen molar-refractivity contribution in [3.8, 4) is 0 Å². The third-order valence-corrected chi connectivity index (χ3v) is 2.35. The Morgan fingerprint density at radius 1 is 1.54 bits per heavy atom. The van der Waals surface area contributed by atoms with Crippen LogP contribution in [0, 0.1) is 0 Å². The van der Waals surface area contributed by atoms with Crippen molar-refractivity contribution in [1.82, 2.24) is 0 Å². The first-order valence-electron chi connectivity index (χ1n) is 3.84. The molecule has 0 spiro atoms. The number of anilines is 2. The number of carbonyl (C=O) groups excluding carboxylic acids is 1. The SMILES string of the molecule is CSc1cc(NC(C)=O)ccc1N. The van der Waals surface area contributed by atoms with Crippen LogP contribution in [-0.4, -0.2) is 12.2 Å². The number of hydrogen-bond donors (Lipinski definition) is 2. The molecule has 0 saturated carbocycles. The maximum absolute atomic E-state index is 10.7. The van der Waals surface area contributed by atoms with Crippen LogP contribution in [0.5, 0.6) is 0 Å². The van der Waals surface area contributed by atoms with E-state index in [1.807, 2.05) is 12.3 Å². The molecule has 13 heavy (non-hydrogen) atoms. The summed E-state index contributed by atoms with van der Waals surface area (Å²) in [5, 5.41) is 2.70. The molecule has 70 valence electrons. The third-order valence-electron chi connectivity index (χ3n) is 1.55. The van der Waals surface area contributed by atoms with Gasteiger partial charge in [-0.3, -0.25) is 4.79 Å². The van der Waals surface area contributed by atoms with Gasteiger partial charge >= 0.3 is 0 Å². The topological polar surface area (TPSA) is 55.1 Å². The standard InChI is InChI=1S/C9H12N2OS/c1-6(12)11-7-3-4-8(10)9(5-7)13-2/h3-5H,10H2,1-2H3,(H,11,12). The minimum absolute atomic E-state index is 0.0724. The highest BCUT2D eigenvalue weighted by molar-refractivity contribution is 7.98. The van der Waals surface area contributed by atoms with E-state index >= 15 is 0 Å². The van der Waals surface area contributed by atoms with E-state index in [0.29, 0.717) is 0 Å². The van der Waals surface area contributed by atoms with E-state index < -0.39 is 0 Å². The maximum Gasteiger partial charge on any atom is 0.221 e. The summed E-state index contributed by atoms with van der Waals surface area (Å²) in [5.41, 5.74) is 7.22. The monoisotopic (exact) mass is 196 g/mol. The molecule has 0 aliphatic carbocycles. The minimum Gasteiger partial charge on any atom is -0.398 e.